The third-order valence-electron chi connectivity index (χ3n) is 11.8. The third kappa shape index (κ3) is 4.12. The van der Waals surface area contributed by atoms with Crippen molar-refractivity contribution in [1.82, 2.24) is 0 Å². The predicted molar refractivity (Wildman–Crippen MR) is 135 cm³/mol. The van der Waals surface area contributed by atoms with Crippen molar-refractivity contribution in [2.75, 3.05) is 0 Å². The summed E-state index contributed by atoms with van der Waals surface area (Å²) in [6.45, 7) is 15.2. The molecule has 0 spiro atoms. The summed E-state index contributed by atoms with van der Waals surface area (Å²) in [4.78, 5) is 38.4. The van der Waals surface area contributed by atoms with E-state index in [-0.39, 0.29) is 29.5 Å². The first kappa shape index (κ1) is 26.8. The van der Waals surface area contributed by atoms with E-state index in [1.54, 1.807) is 0 Å². The molecule has 0 aromatic rings. The van der Waals surface area contributed by atoms with Crippen LogP contribution in [0, 0.1) is 52.3 Å². The summed E-state index contributed by atoms with van der Waals surface area (Å²) in [6, 6.07) is 0. The number of carbonyl (C=O) groups excluding carboxylic acids is 3. The van der Waals surface area contributed by atoms with Gasteiger partial charge in [0.2, 0.25) is 5.78 Å². The lowest BCUT2D eigenvalue weighted by atomic mass is 9.42. The molecule has 0 aromatic heterocycles. The Morgan fingerprint density at radius 2 is 1.71 bits per heavy atom. The Labute approximate surface area is 212 Å². The van der Waals surface area contributed by atoms with Crippen LogP contribution in [-0.4, -0.2) is 34.3 Å². The van der Waals surface area contributed by atoms with Crippen molar-refractivity contribution in [3.63, 3.8) is 0 Å². The number of hydrogen-bond donors (Lipinski definition) is 1. The molecule has 0 heterocycles. The highest BCUT2D eigenvalue weighted by atomic mass is 16.5. The van der Waals surface area contributed by atoms with Gasteiger partial charge in [0.1, 0.15) is 11.4 Å². The second-order valence-corrected chi connectivity index (χ2v) is 13.7. The molecule has 0 aliphatic heterocycles. The van der Waals surface area contributed by atoms with Crippen LogP contribution in [-0.2, 0) is 19.1 Å². The summed E-state index contributed by atoms with van der Waals surface area (Å²) in [7, 11) is 0. The lowest BCUT2D eigenvalue weighted by Crippen LogP contribution is -2.71. The zero-order chi connectivity index (χ0) is 25.9. The fourth-order valence-electron chi connectivity index (χ4n) is 9.16. The molecular formula is C30H48O5. The van der Waals surface area contributed by atoms with E-state index in [2.05, 4.69) is 34.6 Å². The molecule has 0 bridgehead atoms. The van der Waals surface area contributed by atoms with Gasteiger partial charge in [-0.05, 0) is 73.0 Å². The Bertz CT molecular complexity index is 865. The summed E-state index contributed by atoms with van der Waals surface area (Å²) >= 11 is 0. The van der Waals surface area contributed by atoms with Crippen LogP contribution in [0.3, 0.4) is 0 Å². The molecule has 0 saturated heterocycles. The highest BCUT2D eigenvalue weighted by molar-refractivity contribution is 5.99. The number of rotatable bonds is 6. The van der Waals surface area contributed by atoms with Crippen molar-refractivity contribution in [2.45, 2.75) is 118 Å². The largest absolute Gasteiger partial charge is 0.454 e. The van der Waals surface area contributed by atoms with Gasteiger partial charge in [0.05, 0.1) is 0 Å². The summed E-state index contributed by atoms with van der Waals surface area (Å²) in [5.74, 6) is 1.97. The maximum absolute atomic E-state index is 13.9. The van der Waals surface area contributed by atoms with Crippen molar-refractivity contribution in [2.24, 2.45) is 52.3 Å². The minimum Gasteiger partial charge on any atom is -0.454 e. The van der Waals surface area contributed by atoms with Crippen LogP contribution in [0.1, 0.15) is 106 Å². The Kier molecular flexibility index (Phi) is 7.10. The van der Waals surface area contributed by atoms with Gasteiger partial charge in [-0.25, -0.2) is 0 Å². The number of carbonyl (C=O) groups is 3. The van der Waals surface area contributed by atoms with Crippen LogP contribution in [0.2, 0.25) is 0 Å². The standard InChI is InChI=1S/C30H48O5/c1-17(2)18(3)8-9-19(4)22-10-11-23-25-24(13-14-28(22,23)6)29(7)15-12-21(32)16-30(29,34)27(33)26(25)35-20(5)31/h17-19,22-26,34H,8-16H2,1-7H3/t18-,19+,22+,23-,24-,25-,26+,28+,29+,30-/m0/s1. The molecule has 198 valence electrons. The number of ether oxygens (including phenoxy) is 1. The van der Waals surface area contributed by atoms with Gasteiger partial charge in [-0.2, -0.15) is 0 Å². The molecule has 4 fully saturated rings. The molecule has 4 aliphatic rings. The minimum atomic E-state index is -1.73. The molecule has 5 nitrogen and oxygen atoms in total. The quantitative estimate of drug-likeness (QED) is 0.481. The van der Waals surface area contributed by atoms with Crippen LogP contribution in [0.25, 0.3) is 0 Å². The van der Waals surface area contributed by atoms with Crippen LogP contribution in [0.5, 0.6) is 0 Å². The number of esters is 1. The third-order valence-corrected chi connectivity index (χ3v) is 11.8. The number of fused-ring (bicyclic) bond motifs is 5. The van der Waals surface area contributed by atoms with Gasteiger partial charge in [-0.1, -0.05) is 54.4 Å². The van der Waals surface area contributed by atoms with Crippen LogP contribution >= 0.6 is 0 Å². The Hall–Kier alpha value is -1.23. The second-order valence-electron chi connectivity index (χ2n) is 13.7. The maximum Gasteiger partial charge on any atom is 0.303 e. The van der Waals surface area contributed by atoms with Gasteiger partial charge in [-0.15, -0.1) is 0 Å². The zero-order valence-electron chi connectivity index (χ0n) is 23.1. The van der Waals surface area contributed by atoms with E-state index < -0.39 is 28.9 Å². The maximum atomic E-state index is 13.9. The fraction of sp³-hybridized carbons (Fsp3) is 0.900. The van der Waals surface area contributed by atoms with E-state index in [0.29, 0.717) is 42.4 Å². The smallest absolute Gasteiger partial charge is 0.303 e. The van der Waals surface area contributed by atoms with Gasteiger partial charge in [0.25, 0.3) is 0 Å². The predicted octanol–water partition coefficient (Wildman–Crippen LogP) is 5.76. The average Bonchev–Trinajstić information content (AvgIpc) is 3.13. The lowest BCUT2D eigenvalue weighted by molar-refractivity contribution is -0.228. The van der Waals surface area contributed by atoms with E-state index in [0.717, 1.165) is 25.7 Å². The number of ketones is 2. The molecular weight excluding hydrogens is 440 g/mol. The van der Waals surface area contributed by atoms with Crippen molar-refractivity contribution < 1.29 is 24.2 Å². The highest BCUT2D eigenvalue weighted by Crippen LogP contribution is 2.68. The Morgan fingerprint density at radius 1 is 1.03 bits per heavy atom. The van der Waals surface area contributed by atoms with Gasteiger partial charge >= 0.3 is 5.97 Å². The van der Waals surface area contributed by atoms with Crippen LogP contribution < -0.4 is 0 Å². The first-order valence-corrected chi connectivity index (χ1v) is 14.2. The molecule has 10 atom stereocenters. The van der Waals surface area contributed by atoms with E-state index >= 15 is 0 Å². The number of aliphatic hydroxyl groups is 1. The monoisotopic (exact) mass is 488 g/mol. The summed E-state index contributed by atoms with van der Waals surface area (Å²) in [5, 5.41) is 11.8. The van der Waals surface area contributed by atoms with Crippen molar-refractivity contribution in [1.29, 1.82) is 0 Å². The molecule has 1 N–H and O–H groups in total. The molecule has 5 heteroatoms. The molecule has 0 amide bonds. The SMILES string of the molecule is CC(=O)O[C@H]1C(=O)[C@@]2(O)CC(=O)CC[C@]2(C)[C@H]2CC[C@]3(C)[C@@H]([C@H](C)CC[C@H](C)C(C)C)CC[C@H]3[C@H]12. The number of hydrogen-bond acceptors (Lipinski definition) is 5. The lowest BCUT2D eigenvalue weighted by Gasteiger charge is -2.63. The number of Topliss-reactive ketones (excluding diaryl/α,β-unsaturated/α-hetero) is 2. The van der Waals surface area contributed by atoms with Crippen molar-refractivity contribution >= 4 is 17.5 Å². The summed E-state index contributed by atoms with van der Waals surface area (Å²) in [6.07, 6.45) is 6.55. The second kappa shape index (κ2) is 9.26. The van der Waals surface area contributed by atoms with Gasteiger partial charge < -0.3 is 9.84 Å². The van der Waals surface area contributed by atoms with Gasteiger partial charge in [0, 0.05) is 31.1 Å². The average molecular weight is 489 g/mol. The van der Waals surface area contributed by atoms with E-state index in [1.165, 1.54) is 19.8 Å². The van der Waals surface area contributed by atoms with Crippen LogP contribution in [0.15, 0.2) is 0 Å². The van der Waals surface area contributed by atoms with E-state index in [4.69, 9.17) is 4.74 Å². The minimum absolute atomic E-state index is 0.0654. The molecule has 4 aliphatic carbocycles. The molecule has 4 saturated carbocycles. The van der Waals surface area contributed by atoms with Crippen LogP contribution in [0.4, 0.5) is 0 Å². The molecule has 0 aromatic carbocycles. The Balaban J connectivity index is 1.66. The molecule has 0 unspecified atom stereocenters. The zero-order valence-corrected chi connectivity index (χ0v) is 23.1. The first-order chi connectivity index (χ1) is 16.3. The molecule has 0 radical (unpaired) electrons. The van der Waals surface area contributed by atoms with Gasteiger partial charge in [0.15, 0.2) is 6.10 Å². The summed E-state index contributed by atoms with van der Waals surface area (Å²) in [5.41, 5.74) is -2.26. The first-order valence-electron chi connectivity index (χ1n) is 14.2. The Morgan fingerprint density at radius 3 is 2.34 bits per heavy atom. The van der Waals surface area contributed by atoms with E-state index in [1.807, 2.05) is 6.92 Å². The fourth-order valence-corrected chi connectivity index (χ4v) is 9.16. The van der Waals surface area contributed by atoms with Gasteiger partial charge in [-0.3, -0.25) is 14.4 Å². The molecule has 35 heavy (non-hydrogen) atoms. The highest BCUT2D eigenvalue weighted by Gasteiger charge is 2.71. The molecule has 4 rings (SSSR count). The normalized spacial score (nSPS) is 44.9. The summed E-state index contributed by atoms with van der Waals surface area (Å²) < 4.78 is 5.76. The topological polar surface area (TPSA) is 80.7 Å². The van der Waals surface area contributed by atoms with Crippen molar-refractivity contribution in [3.05, 3.63) is 0 Å². The van der Waals surface area contributed by atoms with E-state index in [9.17, 15) is 19.5 Å². The van der Waals surface area contributed by atoms with Crippen molar-refractivity contribution in [3.8, 4) is 0 Å².